The predicted molar refractivity (Wildman–Crippen MR) is 78.6 cm³/mol. The van der Waals surface area contributed by atoms with E-state index in [2.05, 4.69) is 56.1 Å². The summed E-state index contributed by atoms with van der Waals surface area (Å²) in [7, 11) is 3.48. The Morgan fingerprint density at radius 3 is 2.50 bits per heavy atom. The Bertz CT molecular complexity index is 516. The number of benzene rings is 1. The third-order valence-corrected chi connectivity index (χ3v) is 3.31. The number of ether oxygens (including phenoxy) is 1. The van der Waals surface area contributed by atoms with E-state index >= 15 is 0 Å². The topological polar surface area (TPSA) is 47.0 Å². The molecule has 0 aliphatic rings. The fourth-order valence-corrected chi connectivity index (χ4v) is 2.36. The Morgan fingerprint density at radius 2 is 1.94 bits per heavy atom. The van der Waals surface area contributed by atoms with Gasteiger partial charge in [-0.05, 0) is 47.3 Å². The third kappa shape index (κ3) is 2.97. The molecule has 1 N–H and O–H groups in total. The van der Waals surface area contributed by atoms with Crippen LogP contribution in [0.3, 0.4) is 0 Å². The van der Waals surface area contributed by atoms with Crippen LogP contribution in [0.15, 0.2) is 36.7 Å². The van der Waals surface area contributed by atoms with Crippen molar-refractivity contribution in [3.63, 3.8) is 0 Å². The molecule has 0 radical (unpaired) electrons. The highest BCUT2D eigenvalue weighted by molar-refractivity contribution is 14.1. The first kappa shape index (κ1) is 13.2. The van der Waals surface area contributed by atoms with E-state index in [4.69, 9.17) is 4.74 Å². The van der Waals surface area contributed by atoms with Crippen molar-refractivity contribution >= 4 is 22.6 Å². The molecule has 1 aromatic heterocycles. The maximum absolute atomic E-state index is 4.96. The summed E-state index contributed by atoms with van der Waals surface area (Å²) in [6, 6.07) is 8.83. The summed E-state index contributed by atoms with van der Waals surface area (Å²) >= 11 is 2.31. The molecule has 0 spiro atoms. The number of rotatable bonds is 4. The molecule has 0 saturated heterocycles. The van der Waals surface area contributed by atoms with Gasteiger partial charge < -0.3 is 10.1 Å². The number of methoxy groups -OCH3 is 1. The van der Waals surface area contributed by atoms with Gasteiger partial charge in [-0.2, -0.15) is 0 Å². The standard InChI is InChI=1S/C13H14IN3O/c1-15-12(9-4-3-5-11(14)6-9)10-7-16-13(18-2)17-8-10/h3-8,12,15H,1-2H3. The third-order valence-electron chi connectivity index (χ3n) is 2.63. The first-order valence-electron chi connectivity index (χ1n) is 5.53. The summed E-state index contributed by atoms with van der Waals surface area (Å²) in [5, 5.41) is 3.28. The average molecular weight is 355 g/mol. The van der Waals surface area contributed by atoms with Gasteiger partial charge in [-0.1, -0.05) is 12.1 Å². The Kier molecular flexibility index (Phi) is 4.48. The van der Waals surface area contributed by atoms with Crippen LogP contribution in [0.25, 0.3) is 0 Å². The molecule has 2 rings (SSSR count). The van der Waals surface area contributed by atoms with Gasteiger partial charge in [0.2, 0.25) is 0 Å². The number of halogens is 1. The van der Waals surface area contributed by atoms with Gasteiger partial charge in [0.05, 0.1) is 13.2 Å². The van der Waals surface area contributed by atoms with Crippen LogP contribution >= 0.6 is 22.6 Å². The molecule has 0 bridgehead atoms. The lowest BCUT2D eigenvalue weighted by Gasteiger charge is -2.16. The van der Waals surface area contributed by atoms with E-state index in [1.54, 1.807) is 19.5 Å². The molecule has 1 unspecified atom stereocenters. The van der Waals surface area contributed by atoms with Gasteiger partial charge in [-0.3, -0.25) is 0 Å². The van der Waals surface area contributed by atoms with Crippen LogP contribution in [0.4, 0.5) is 0 Å². The summed E-state index contributed by atoms with van der Waals surface area (Å²) in [6.07, 6.45) is 3.57. The summed E-state index contributed by atoms with van der Waals surface area (Å²) in [4.78, 5) is 8.28. The minimum Gasteiger partial charge on any atom is -0.467 e. The summed E-state index contributed by atoms with van der Waals surface area (Å²) in [6.45, 7) is 0. The van der Waals surface area contributed by atoms with Crippen LogP contribution in [-0.4, -0.2) is 24.1 Å². The van der Waals surface area contributed by atoms with E-state index < -0.39 is 0 Å². The number of hydrogen-bond acceptors (Lipinski definition) is 4. The number of nitrogens with zero attached hydrogens (tertiary/aromatic N) is 2. The van der Waals surface area contributed by atoms with Crippen molar-refractivity contribution in [2.24, 2.45) is 0 Å². The quantitative estimate of drug-likeness (QED) is 0.856. The highest BCUT2D eigenvalue weighted by Crippen LogP contribution is 2.22. The summed E-state index contributed by atoms with van der Waals surface area (Å²) < 4.78 is 6.17. The molecule has 0 aliphatic heterocycles. The number of hydrogen-bond donors (Lipinski definition) is 1. The molecule has 0 saturated carbocycles. The van der Waals surface area contributed by atoms with Gasteiger partial charge in [-0.15, -0.1) is 0 Å². The second-order valence-corrected chi connectivity index (χ2v) is 5.03. The van der Waals surface area contributed by atoms with E-state index in [0.717, 1.165) is 5.56 Å². The molecule has 94 valence electrons. The lowest BCUT2D eigenvalue weighted by molar-refractivity contribution is 0.379. The van der Waals surface area contributed by atoms with E-state index in [1.807, 2.05) is 13.1 Å². The number of nitrogens with one attached hydrogen (secondary N) is 1. The monoisotopic (exact) mass is 355 g/mol. The minimum absolute atomic E-state index is 0.0885. The molecule has 1 heterocycles. The normalized spacial score (nSPS) is 12.2. The summed E-state index contributed by atoms with van der Waals surface area (Å²) in [5.74, 6) is 0. The maximum atomic E-state index is 4.96. The smallest absolute Gasteiger partial charge is 0.316 e. The molecular formula is C13H14IN3O. The molecular weight excluding hydrogens is 341 g/mol. The van der Waals surface area contributed by atoms with Crippen molar-refractivity contribution < 1.29 is 4.74 Å². The molecule has 1 aromatic carbocycles. The molecule has 0 fully saturated rings. The van der Waals surface area contributed by atoms with Gasteiger partial charge in [0, 0.05) is 21.5 Å². The van der Waals surface area contributed by atoms with Crippen LogP contribution in [0.5, 0.6) is 6.01 Å². The Hall–Kier alpha value is -1.21. The van der Waals surface area contributed by atoms with Gasteiger partial charge in [0.25, 0.3) is 0 Å². The molecule has 0 aliphatic carbocycles. The van der Waals surface area contributed by atoms with Gasteiger partial charge in [0.1, 0.15) is 0 Å². The molecule has 0 amide bonds. The van der Waals surface area contributed by atoms with Crippen LogP contribution < -0.4 is 10.1 Å². The molecule has 2 aromatic rings. The van der Waals surface area contributed by atoms with Crippen molar-refractivity contribution in [1.82, 2.24) is 15.3 Å². The van der Waals surface area contributed by atoms with Crippen LogP contribution in [0.1, 0.15) is 17.2 Å². The molecule has 1 atom stereocenters. The highest BCUT2D eigenvalue weighted by atomic mass is 127. The summed E-state index contributed by atoms with van der Waals surface area (Å²) in [5.41, 5.74) is 2.21. The predicted octanol–water partition coefficient (Wildman–Crippen LogP) is 2.40. The Morgan fingerprint density at radius 1 is 1.22 bits per heavy atom. The molecule has 5 heteroatoms. The average Bonchev–Trinajstić information content (AvgIpc) is 2.40. The van der Waals surface area contributed by atoms with Gasteiger partial charge >= 0.3 is 6.01 Å². The van der Waals surface area contributed by atoms with E-state index in [1.165, 1.54) is 9.13 Å². The van der Waals surface area contributed by atoms with E-state index in [0.29, 0.717) is 6.01 Å². The zero-order valence-electron chi connectivity index (χ0n) is 10.2. The zero-order valence-corrected chi connectivity index (χ0v) is 12.4. The van der Waals surface area contributed by atoms with Crippen LogP contribution in [-0.2, 0) is 0 Å². The molecule has 18 heavy (non-hydrogen) atoms. The van der Waals surface area contributed by atoms with Gasteiger partial charge in [-0.25, -0.2) is 9.97 Å². The SMILES string of the molecule is CNC(c1cnc(OC)nc1)c1cccc(I)c1. The van der Waals surface area contributed by atoms with E-state index in [-0.39, 0.29) is 6.04 Å². The van der Waals surface area contributed by atoms with Gasteiger partial charge in [0.15, 0.2) is 0 Å². The van der Waals surface area contributed by atoms with Crippen molar-refractivity contribution in [2.75, 3.05) is 14.2 Å². The van der Waals surface area contributed by atoms with E-state index in [9.17, 15) is 0 Å². The minimum atomic E-state index is 0.0885. The van der Waals surface area contributed by atoms with Crippen molar-refractivity contribution in [2.45, 2.75) is 6.04 Å². The fraction of sp³-hybridized carbons (Fsp3) is 0.231. The first-order chi connectivity index (χ1) is 8.74. The van der Waals surface area contributed by atoms with Crippen LogP contribution in [0, 0.1) is 3.57 Å². The highest BCUT2D eigenvalue weighted by Gasteiger charge is 2.13. The maximum Gasteiger partial charge on any atom is 0.316 e. The largest absolute Gasteiger partial charge is 0.467 e. The molecule has 4 nitrogen and oxygen atoms in total. The van der Waals surface area contributed by atoms with Crippen molar-refractivity contribution in [3.8, 4) is 6.01 Å². The second kappa shape index (κ2) is 6.10. The lowest BCUT2D eigenvalue weighted by atomic mass is 10.0. The second-order valence-electron chi connectivity index (χ2n) is 3.78. The van der Waals surface area contributed by atoms with Crippen LogP contribution in [0.2, 0.25) is 0 Å². The van der Waals surface area contributed by atoms with Crippen molar-refractivity contribution in [1.29, 1.82) is 0 Å². The fourth-order valence-electron chi connectivity index (χ4n) is 1.79. The van der Waals surface area contributed by atoms with Crippen molar-refractivity contribution in [3.05, 3.63) is 51.4 Å². The number of aromatic nitrogens is 2. The Balaban J connectivity index is 2.32. The lowest BCUT2D eigenvalue weighted by Crippen LogP contribution is -2.18. The zero-order chi connectivity index (χ0) is 13.0. The first-order valence-corrected chi connectivity index (χ1v) is 6.61. The Labute approximate surface area is 120 Å².